The minimum absolute atomic E-state index is 0.162. The minimum atomic E-state index is 0.162. The van der Waals surface area contributed by atoms with E-state index in [4.69, 9.17) is 5.73 Å². The van der Waals surface area contributed by atoms with Gasteiger partial charge in [-0.25, -0.2) is 9.97 Å². The summed E-state index contributed by atoms with van der Waals surface area (Å²) in [6, 6.07) is 0.162. The Morgan fingerprint density at radius 2 is 2.06 bits per heavy atom. The van der Waals surface area contributed by atoms with Gasteiger partial charge < -0.3 is 10.6 Å². The highest BCUT2D eigenvalue weighted by molar-refractivity contribution is 5.32. The molecule has 1 atom stereocenters. The first-order valence-corrected chi connectivity index (χ1v) is 6.28. The molecule has 0 aromatic carbocycles. The largest absolute Gasteiger partial charge is 0.340 e. The van der Waals surface area contributed by atoms with Crippen LogP contribution in [0.2, 0.25) is 0 Å². The Morgan fingerprint density at radius 3 is 2.53 bits per heavy atom. The van der Waals surface area contributed by atoms with Gasteiger partial charge in [0.25, 0.3) is 0 Å². The number of aromatic nitrogens is 2. The first kappa shape index (κ1) is 12.3. The standard InChI is InChI=1S/C13H22N4/c1-10(14)6-11-7-15-12(16-8-11)17-5-4-13(2,3)9-17/h7-8,10H,4-6,9,14H2,1-3H3. The highest BCUT2D eigenvalue weighted by Gasteiger charge is 2.30. The maximum absolute atomic E-state index is 5.75. The molecular formula is C13H22N4. The van der Waals surface area contributed by atoms with Crippen molar-refractivity contribution in [3.05, 3.63) is 18.0 Å². The van der Waals surface area contributed by atoms with E-state index in [1.54, 1.807) is 0 Å². The van der Waals surface area contributed by atoms with Crippen molar-refractivity contribution in [3.63, 3.8) is 0 Å². The summed E-state index contributed by atoms with van der Waals surface area (Å²) in [6.45, 7) is 8.67. The fourth-order valence-corrected chi connectivity index (χ4v) is 2.27. The van der Waals surface area contributed by atoms with Gasteiger partial charge in [-0.2, -0.15) is 0 Å². The second-order valence-corrected chi connectivity index (χ2v) is 5.91. The molecule has 0 spiro atoms. The first-order valence-electron chi connectivity index (χ1n) is 6.28. The zero-order valence-corrected chi connectivity index (χ0v) is 11.0. The summed E-state index contributed by atoms with van der Waals surface area (Å²) in [5.74, 6) is 0.851. The van der Waals surface area contributed by atoms with Crippen molar-refractivity contribution >= 4 is 5.95 Å². The number of nitrogens with zero attached hydrogens (tertiary/aromatic N) is 3. The highest BCUT2D eigenvalue weighted by atomic mass is 15.3. The van der Waals surface area contributed by atoms with E-state index in [0.29, 0.717) is 5.41 Å². The fourth-order valence-electron chi connectivity index (χ4n) is 2.27. The predicted octanol–water partition coefficient (Wildman–Crippen LogP) is 1.60. The molecule has 2 heterocycles. The molecule has 1 fully saturated rings. The zero-order chi connectivity index (χ0) is 12.5. The van der Waals surface area contributed by atoms with Gasteiger partial charge in [-0.1, -0.05) is 13.8 Å². The van der Waals surface area contributed by atoms with Gasteiger partial charge in [0.15, 0.2) is 0 Å². The Kier molecular flexibility index (Phi) is 3.33. The summed E-state index contributed by atoms with van der Waals surface area (Å²) < 4.78 is 0. The van der Waals surface area contributed by atoms with Crippen LogP contribution in [0, 0.1) is 5.41 Å². The van der Waals surface area contributed by atoms with E-state index in [1.807, 2.05) is 19.3 Å². The quantitative estimate of drug-likeness (QED) is 0.863. The Bertz CT molecular complexity index is 370. The van der Waals surface area contributed by atoms with Gasteiger partial charge in [0.1, 0.15) is 0 Å². The van der Waals surface area contributed by atoms with Crippen molar-refractivity contribution in [1.82, 2.24) is 9.97 Å². The van der Waals surface area contributed by atoms with Crippen molar-refractivity contribution in [2.24, 2.45) is 11.1 Å². The van der Waals surface area contributed by atoms with E-state index >= 15 is 0 Å². The number of hydrogen-bond acceptors (Lipinski definition) is 4. The van der Waals surface area contributed by atoms with Gasteiger partial charge in [-0.15, -0.1) is 0 Å². The van der Waals surface area contributed by atoms with Crippen LogP contribution in [0.1, 0.15) is 32.8 Å². The Morgan fingerprint density at radius 1 is 1.41 bits per heavy atom. The average Bonchev–Trinajstić information content (AvgIpc) is 2.59. The summed E-state index contributed by atoms with van der Waals surface area (Å²) in [7, 11) is 0. The molecule has 2 rings (SSSR count). The van der Waals surface area contributed by atoms with Gasteiger partial charge in [-0.3, -0.25) is 0 Å². The Balaban J connectivity index is 2.03. The zero-order valence-electron chi connectivity index (χ0n) is 11.0. The molecule has 0 aliphatic carbocycles. The summed E-state index contributed by atoms with van der Waals surface area (Å²) in [5.41, 5.74) is 7.25. The van der Waals surface area contributed by atoms with Crippen molar-refractivity contribution < 1.29 is 0 Å². The summed E-state index contributed by atoms with van der Waals surface area (Å²) in [4.78, 5) is 11.1. The van der Waals surface area contributed by atoms with Crippen LogP contribution in [0.15, 0.2) is 12.4 Å². The molecule has 1 aromatic rings. The van der Waals surface area contributed by atoms with E-state index in [-0.39, 0.29) is 6.04 Å². The van der Waals surface area contributed by atoms with Gasteiger partial charge >= 0.3 is 0 Å². The first-order chi connectivity index (χ1) is 7.96. The number of rotatable bonds is 3. The highest BCUT2D eigenvalue weighted by Crippen LogP contribution is 2.30. The van der Waals surface area contributed by atoms with Gasteiger partial charge in [0.05, 0.1) is 0 Å². The molecule has 17 heavy (non-hydrogen) atoms. The lowest BCUT2D eigenvalue weighted by molar-refractivity contribution is 0.418. The lowest BCUT2D eigenvalue weighted by Crippen LogP contribution is -2.25. The van der Waals surface area contributed by atoms with Crippen LogP contribution >= 0.6 is 0 Å². The molecule has 1 saturated heterocycles. The Hall–Kier alpha value is -1.16. The number of hydrogen-bond donors (Lipinski definition) is 1. The van der Waals surface area contributed by atoms with E-state index in [0.717, 1.165) is 31.0 Å². The van der Waals surface area contributed by atoms with E-state index < -0.39 is 0 Å². The maximum Gasteiger partial charge on any atom is 0.225 e. The molecule has 0 bridgehead atoms. The molecule has 2 N–H and O–H groups in total. The molecule has 1 aromatic heterocycles. The second-order valence-electron chi connectivity index (χ2n) is 5.91. The average molecular weight is 234 g/mol. The van der Waals surface area contributed by atoms with E-state index in [9.17, 15) is 0 Å². The summed E-state index contributed by atoms with van der Waals surface area (Å²) >= 11 is 0. The third-order valence-corrected chi connectivity index (χ3v) is 3.21. The summed E-state index contributed by atoms with van der Waals surface area (Å²) in [6.07, 6.45) is 5.84. The molecule has 0 amide bonds. The van der Waals surface area contributed by atoms with E-state index in [1.165, 1.54) is 6.42 Å². The second kappa shape index (κ2) is 4.61. The molecule has 4 heteroatoms. The van der Waals surface area contributed by atoms with Crippen molar-refractivity contribution in [2.45, 2.75) is 39.7 Å². The molecule has 94 valence electrons. The van der Waals surface area contributed by atoms with E-state index in [2.05, 4.69) is 28.7 Å². The summed E-state index contributed by atoms with van der Waals surface area (Å²) in [5, 5.41) is 0. The van der Waals surface area contributed by atoms with Crippen LogP contribution in [0.25, 0.3) is 0 Å². The molecular weight excluding hydrogens is 212 g/mol. The SMILES string of the molecule is CC(N)Cc1cnc(N2CCC(C)(C)C2)nc1. The maximum atomic E-state index is 5.75. The Labute approximate surface area is 103 Å². The normalized spacial score (nSPS) is 20.6. The number of nitrogens with two attached hydrogens (primary N) is 1. The third-order valence-electron chi connectivity index (χ3n) is 3.21. The monoisotopic (exact) mass is 234 g/mol. The molecule has 0 radical (unpaired) electrons. The van der Waals surface area contributed by atoms with Gasteiger partial charge in [-0.05, 0) is 30.7 Å². The molecule has 4 nitrogen and oxygen atoms in total. The third kappa shape index (κ3) is 3.16. The van der Waals surface area contributed by atoms with Crippen molar-refractivity contribution in [1.29, 1.82) is 0 Å². The van der Waals surface area contributed by atoms with Crippen LogP contribution < -0.4 is 10.6 Å². The predicted molar refractivity (Wildman–Crippen MR) is 70.0 cm³/mol. The van der Waals surface area contributed by atoms with Gasteiger partial charge in [0.2, 0.25) is 5.95 Å². The van der Waals surface area contributed by atoms with Crippen LogP contribution in [0.4, 0.5) is 5.95 Å². The van der Waals surface area contributed by atoms with Crippen LogP contribution in [0.3, 0.4) is 0 Å². The van der Waals surface area contributed by atoms with Crippen LogP contribution in [-0.4, -0.2) is 29.1 Å². The smallest absolute Gasteiger partial charge is 0.225 e. The number of anilines is 1. The van der Waals surface area contributed by atoms with Gasteiger partial charge in [0, 0.05) is 31.5 Å². The fraction of sp³-hybridized carbons (Fsp3) is 0.692. The van der Waals surface area contributed by atoms with Crippen molar-refractivity contribution in [2.75, 3.05) is 18.0 Å². The van der Waals surface area contributed by atoms with Crippen molar-refractivity contribution in [3.8, 4) is 0 Å². The molecule has 1 aliphatic heterocycles. The lowest BCUT2D eigenvalue weighted by Gasteiger charge is -2.19. The molecule has 0 saturated carbocycles. The molecule has 1 unspecified atom stereocenters. The minimum Gasteiger partial charge on any atom is -0.340 e. The lowest BCUT2D eigenvalue weighted by atomic mass is 9.93. The molecule has 1 aliphatic rings. The topological polar surface area (TPSA) is 55.0 Å². The van der Waals surface area contributed by atoms with Crippen LogP contribution in [0.5, 0.6) is 0 Å². The van der Waals surface area contributed by atoms with Crippen LogP contribution in [-0.2, 0) is 6.42 Å².